The van der Waals surface area contributed by atoms with Crippen LogP contribution in [-0.4, -0.2) is 19.8 Å². The Morgan fingerprint density at radius 3 is 1.12 bits per heavy atom. The van der Waals surface area contributed by atoms with Gasteiger partial charge in [-0.15, -0.1) is 0 Å². The van der Waals surface area contributed by atoms with Gasteiger partial charge in [-0.05, 0) is 0 Å². The van der Waals surface area contributed by atoms with Crippen LogP contribution in [0.15, 0.2) is 72.8 Å². The Morgan fingerprint density at radius 2 is 0.840 bits per heavy atom. The van der Waals surface area contributed by atoms with Crippen molar-refractivity contribution >= 4 is 19.8 Å². The van der Waals surface area contributed by atoms with Crippen molar-refractivity contribution in [1.82, 2.24) is 0 Å². The van der Waals surface area contributed by atoms with Crippen LogP contribution in [0.2, 0.25) is 0 Å². The van der Waals surface area contributed by atoms with E-state index in [4.69, 9.17) is 0 Å². The third-order valence-electron chi connectivity index (χ3n) is 4.03. The molecule has 0 bridgehead atoms. The fraction of sp³-hybridized carbons (Fsp3) is 0.143. The van der Waals surface area contributed by atoms with E-state index < -0.39 is 19.8 Å². The van der Waals surface area contributed by atoms with Crippen molar-refractivity contribution in [3.8, 4) is 0 Å². The first kappa shape index (κ1) is 18.1. The Kier molecular flexibility index (Phi) is 6.18. The summed E-state index contributed by atoms with van der Waals surface area (Å²) in [5.74, 6) is -0.717. The fourth-order valence-electron chi connectivity index (χ4n) is 2.99. The van der Waals surface area contributed by atoms with E-state index in [1.165, 1.54) is 18.2 Å². The van der Waals surface area contributed by atoms with Gasteiger partial charge in [0.2, 0.25) is 0 Å². The van der Waals surface area contributed by atoms with Crippen molar-refractivity contribution in [3.05, 3.63) is 107 Å². The van der Waals surface area contributed by atoms with Crippen LogP contribution in [0.4, 0.5) is 13.2 Å². The Labute approximate surface area is 153 Å². The molecule has 3 aromatic rings. The molecule has 0 saturated carbocycles. The second-order valence-corrected chi connectivity index (χ2v) is 13.5. The first-order valence-corrected chi connectivity index (χ1v) is 14.2. The molecule has 0 saturated heterocycles. The molecule has 25 heavy (non-hydrogen) atoms. The summed E-state index contributed by atoms with van der Waals surface area (Å²) in [7, 11) is 0. The zero-order valence-electron chi connectivity index (χ0n) is 13.7. The van der Waals surface area contributed by atoms with Crippen molar-refractivity contribution in [2.45, 2.75) is 13.3 Å². The van der Waals surface area contributed by atoms with Gasteiger partial charge >= 0.3 is 153 Å². The molecule has 1 radical (unpaired) electrons. The maximum absolute atomic E-state index is 13.5. The van der Waals surface area contributed by atoms with Gasteiger partial charge in [0.1, 0.15) is 0 Å². The summed E-state index contributed by atoms with van der Waals surface area (Å²) in [4.78, 5) is 0. The molecule has 4 heteroatoms. The third-order valence-corrected chi connectivity index (χ3v) is 11.8. The van der Waals surface area contributed by atoms with E-state index in [1.54, 1.807) is 36.4 Å². The van der Waals surface area contributed by atoms with Gasteiger partial charge < -0.3 is 0 Å². The van der Waals surface area contributed by atoms with Crippen molar-refractivity contribution in [1.29, 1.82) is 0 Å². The molecule has 0 atom stereocenters. The summed E-state index contributed by atoms with van der Waals surface area (Å²) in [6.07, 6.45) is 0. The molecule has 0 aliphatic rings. The van der Waals surface area contributed by atoms with Gasteiger partial charge in [-0.25, -0.2) is 0 Å². The number of rotatable bonds is 6. The van der Waals surface area contributed by atoms with E-state index in [1.807, 2.05) is 18.2 Å². The van der Waals surface area contributed by atoms with Crippen molar-refractivity contribution in [3.63, 3.8) is 0 Å². The second-order valence-electron chi connectivity index (χ2n) is 6.17. The van der Waals surface area contributed by atoms with Gasteiger partial charge in [-0.1, -0.05) is 0 Å². The van der Waals surface area contributed by atoms with Crippen LogP contribution < -0.4 is 0 Å². The summed E-state index contributed by atoms with van der Waals surface area (Å²) >= 11 is -2.14. The first-order valence-electron chi connectivity index (χ1n) is 8.15. The first-order chi connectivity index (χ1) is 12.1. The van der Waals surface area contributed by atoms with Gasteiger partial charge in [0.15, 0.2) is 0 Å². The monoisotopic (exact) mass is 447 g/mol. The number of hydrogen-bond donors (Lipinski definition) is 0. The molecule has 0 spiro atoms. The van der Waals surface area contributed by atoms with Crippen LogP contribution in [0.25, 0.3) is 0 Å². The quantitative estimate of drug-likeness (QED) is 0.455. The van der Waals surface area contributed by atoms with E-state index in [-0.39, 0.29) is 17.5 Å². The molecule has 0 heterocycles. The van der Waals surface area contributed by atoms with E-state index in [2.05, 4.69) is 0 Å². The fourth-order valence-corrected chi connectivity index (χ4v) is 10.9. The second kappa shape index (κ2) is 8.56. The van der Waals surface area contributed by atoms with Gasteiger partial charge in [0, 0.05) is 0 Å². The Morgan fingerprint density at radius 1 is 0.520 bits per heavy atom. The predicted octanol–water partition coefficient (Wildman–Crippen LogP) is 5.24. The van der Waals surface area contributed by atoms with Gasteiger partial charge in [-0.3, -0.25) is 0 Å². The van der Waals surface area contributed by atoms with Crippen LogP contribution in [-0.2, 0) is 13.3 Å². The Hall–Kier alpha value is -1.75. The predicted molar refractivity (Wildman–Crippen MR) is 96.1 cm³/mol. The molecule has 3 rings (SSSR count). The summed E-state index contributed by atoms with van der Waals surface area (Å²) in [6.45, 7) is 0. The minimum atomic E-state index is -2.14. The number of benzene rings is 3. The number of halogens is 3. The standard InChI is InChI=1S/3C7H6F.Sn/c3*1-6-3-2-4-7(8)5-6;/h3*2-5H,1H2;. The average Bonchev–Trinajstić information content (AvgIpc) is 2.55. The molecule has 0 N–H and O–H groups in total. The Bertz CT molecular complexity index is 735. The minimum absolute atomic E-state index is 0.239. The van der Waals surface area contributed by atoms with Crippen LogP contribution >= 0.6 is 0 Å². The van der Waals surface area contributed by atoms with Crippen molar-refractivity contribution in [2.24, 2.45) is 0 Å². The molecule has 0 fully saturated rings. The van der Waals surface area contributed by atoms with Gasteiger partial charge in [0.05, 0.1) is 0 Å². The molecular weight excluding hydrogens is 428 g/mol. The molecule has 0 aromatic heterocycles. The maximum atomic E-state index is 13.5. The molecule has 0 nitrogen and oxygen atoms in total. The SMILES string of the molecule is Fc1cccc([CH2][Sn]([CH2]c2cccc(F)c2)[CH2]c2cccc(F)c2)c1. The summed E-state index contributed by atoms with van der Waals surface area (Å²) in [5, 5.41) is 0. The van der Waals surface area contributed by atoms with E-state index in [9.17, 15) is 13.2 Å². The molecule has 0 amide bonds. The van der Waals surface area contributed by atoms with Crippen LogP contribution in [0, 0.1) is 17.5 Å². The molecule has 0 aliphatic carbocycles. The van der Waals surface area contributed by atoms with E-state index in [0.29, 0.717) is 0 Å². The summed E-state index contributed by atoms with van der Waals surface area (Å²) in [6, 6.07) is 20.0. The molecule has 0 unspecified atom stereocenters. The summed E-state index contributed by atoms with van der Waals surface area (Å²) in [5.41, 5.74) is 2.92. The molecule has 127 valence electrons. The van der Waals surface area contributed by atoms with E-state index >= 15 is 0 Å². The Balaban J connectivity index is 1.82. The third kappa shape index (κ3) is 5.63. The average molecular weight is 446 g/mol. The van der Waals surface area contributed by atoms with Crippen LogP contribution in [0.5, 0.6) is 0 Å². The van der Waals surface area contributed by atoms with Gasteiger partial charge in [0.25, 0.3) is 0 Å². The topological polar surface area (TPSA) is 0 Å². The zero-order chi connectivity index (χ0) is 17.6. The normalized spacial score (nSPS) is 11.0. The summed E-state index contributed by atoms with van der Waals surface area (Å²) < 4.78 is 43.0. The van der Waals surface area contributed by atoms with Crippen molar-refractivity contribution in [2.75, 3.05) is 0 Å². The van der Waals surface area contributed by atoms with Crippen molar-refractivity contribution < 1.29 is 13.2 Å². The van der Waals surface area contributed by atoms with E-state index in [0.717, 1.165) is 30.0 Å². The number of hydrogen-bond acceptors (Lipinski definition) is 0. The van der Waals surface area contributed by atoms with Crippen LogP contribution in [0.1, 0.15) is 16.7 Å². The van der Waals surface area contributed by atoms with Gasteiger partial charge in [-0.2, -0.15) is 0 Å². The zero-order valence-corrected chi connectivity index (χ0v) is 16.5. The molecule has 0 aliphatic heterocycles. The molecular formula is C21H18F3Sn. The van der Waals surface area contributed by atoms with Crippen LogP contribution in [0.3, 0.4) is 0 Å². The molecule has 3 aromatic carbocycles.